The lowest BCUT2D eigenvalue weighted by Gasteiger charge is -2.26. The lowest BCUT2D eigenvalue weighted by molar-refractivity contribution is -0.286. The Morgan fingerprint density at radius 2 is 2.05 bits per heavy atom. The van der Waals surface area contributed by atoms with Crippen LogP contribution in [0.4, 0.5) is 13.2 Å². The van der Waals surface area contributed by atoms with Crippen molar-refractivity contribution in [1.29, 1.82) is 0 Å². The predicted octanol–water partition coefficient (Wildman–Crippen LogP) is 4.99. The minimum Gasteiger partial charge on any atom is -0.395 e. The van der Waals surface area contributed by atoms with Gasteiger partial charge in [0, 0.05) is 29.8 Å². The Morgan fingerprint density at radius 3 is 2.70 bits per heavy atom. The van der Waals surface area contributed by atoms with Gasteiger partial charge in [0.15, 0.2) is 11.5 Å². The van der Waals surface area contributed by atoms with Gasteiger partial charge in [-0.15, -0.1) is 8.78 Å². The number of fused-ring (bicyclic) bond motifs is 2. The molecule has 0 radical (unpaired) electrons. The summed E-state index contributed by atoms with van der Waals surface area (Å²) in [6.45, 7) is -9.38. The monoisotopic (exact) mass is 530 g/mol. The zero-order valence-corrected chi connectivity index (χ0v) is 19.6. The predicted molar refractivity (Wildman–Crippen MR) is 131 cm³/mol. The van der Waals surface area contributed by atoms with Crippen molar-refractivity contribution < 1.29 is 55.5 Å². The normalized spacial score (nSPS) is 27.1. The highest BCUT2D eigenvalue weighted by Crippen LogP contribution is 2.52. The van der Waals surface area contributed by atoms with Crippen LogP contribution in [0.1, 0.15) is 74.6 Å². The Bertz CT molecular complexity index is 1920. The minimum absolute atomic E-state index is 0.0164. The van der Waals surface area contributed by atoms with Crippen molar-refractivity contribution in [1.82, 2.24) is 4.57 Å². The molecule has 0 amide bonds. The molecule has 1 aromatic heterocycles. The van der Waals surface area contributed by atoms with Crippen molar-refractivity contribution in [2.24, 2.45) is 0 Å². The number of ether oxygens (including phenoxy) is 2. The second kappa shape index (κ2) is 8.77. The maximum absolute atomic E-state index is 15.9. The van der Waals surface area contributed by atoms with Crippen molar-refractivity contribution in [3.63, 3.8) is 0 Å². The largest absolute Gasteiger partial charge is 0.586 e. The number of benzene rings is 2. The van der Waals surface area contributed by atoms with E-state index >= 15 is 4.39 Å². The molecule has 2 N–H and O–H groups in total. The molecule has 198 valence electrons. The lowest BCUT2D eigenvalue weighted by Crippen LogP contribution is -2.26. The van der Waals surface area contributed by atoms with Crippen LogP contribution in [0, 0.1) is 5.82 Å². The fraction of sp³-hybridized carbons (Fsp3) is 0.464. The Balaban J connectivity index is 1.69. The van der Waals surface area contributed by atoms with Crippen LogP contribution >= 0.6 is 0 Å². The number of nitrogens with zero attached hydrogens (tertiary/aromatic N) is 1. The van der Waals surface area contributed by atoms with Crippen LogP contribution < -0.4 is 9.47 Å². The smallest absolute Gasteiger partial charge is 0.395 e. The third-order valence-electron chi connectivity index (χ3n) is 6.61. The van der Waals surface area contributed by atoms with E-state index < -0.39 is 119 Å². The molecular formula is C28H30F3NO5. The number of ketones is 1. The van der Waals surface area contributed by atoms with Gasteiger partial charge in [0.25, 0.3) is 0 Å². The summed E-state index contributed by atoms with van der Waals surface area (Å²) in [7, 11) is 0. The van der Waals surface area contributed by atoms with Gasteiger partial charge in [-0.1, -0.05) is 26.7 Å². The number of halogens is 3. The van der Waals surface area contributed by atoms with Gasteiger partial charge in [0.2, 0.25) is 0 Å². The molecule has 1 unspecified atom stereocenters. The summed E-state index contributed by atoms with van der Waals surface area (Å²) in [6, 6.07) is 0.0451. The first-order valence-electron chi connectivity index (χ1n) is 17.6. The van der Waals surface area contributed by atoms with E-state index in [0.717, 1.165) is 26.0 Å². The summed E-state index contributed by atoms with van der Waals surface area (Å²) in [5.74, 6) is -3.77. The molecule has 2 aliphatic rings. The fourth-order valence-corrected chi connectivity index (χ4v) is 4.31. The molecule has 2 atom stereocenters. The number of aromatic nitrogens is 1. The molecule has 1 aliphatic heterocycles. The molecular weight excluding hydrogens is 487 g/mol. The second-order valence-electron chi connectivity index (χ2n) is 9.07. The quantitative estimate of drug-likeness (QED) is 0.408. The van der Waals surface area contributed by atoms with Crippen LogP contribution in [0.15, 0.2) is 36.3 Å². The number of alkyl halides is 2. The average molecular weight is 531 g/mol. The van der Waals surface area contributed by atoms with E-state index in [9.17, 15) is 23.8 Å². The molecule has 1 fully saturated rings. The van der Waals surface area contributed by atoms with Crippen molar-refractivity contribution in [2.45, 2.75) is 76.0 Å². The highest BCUT2D eigenvalue weighted by Gasteiger charge is 2.52. The van der Waals surface area contributed by atoms with Crippen molar-refractivity contribution >= 4 is 16.7 Å². The summed E-state index contributed by atoms with van der Waals surface area (Å²) < 4.78 is 159. The molecule has 0 bridgehead atoms. The van der Waals surface area contributed by atoms with Gasteiger partial charge in [-0.2, -0.15) is 0 Å². The number of carbonyl (C=O) groups excluding carboxylic acids is 1. The molecule has 2 heterocycles. The Morgan fingerprint density at radius 1 is 1.32 bits per heavy atom. The Hall–Kier alpha value is -3.04. The van der Waals surface area contributed by atoms with E-state index in [1.165, 1.54) is 0 Å². The Labute approximate surface area is 230 Å². The SMILES string of the molecule is [2H]c1c([2H])c(C2(C(=O)Cc3cc4cc(C(C)(C([2H])([2H])[2H])C([2H])([2H])C)n(C([2H])([2H])[C@]([2H])(O)C([2H])([2H])O)c4cc3F)CC2)c([2H])c2c1OC(F)(F)O2. The topological polar surface area (TPSA) is 80.9 Å². The first-order chi connectivity index (χ1) is 22.4. The molecule has 9 heteroatoms. The molecule has 5 rings (SSSR count). The number of rotatable bonds is 9. The van der Waals surface area contributed by atoms with Crippen LogP contribution in [0.25, 0.3) is 10.9 Å². The van der Waals surface area contributed by atoms with E-state index in [-0.39, 0.29) is 22.8 Å². The van der Waals surface area contributed by atoms with E-state index in [1.807, 2.05) is 0 Å². The molecule has 2 aromatic carbocycles. The number of Topliss-reactive ketones (excluding diaryl/α,β-unsaturated/α-hetero) is 1. The fourth-order valence-electron chi connectivity index (χ4n) is 4.31. The van der Waals surface area contributed by atoms with Crippen LogP contribution in [0.5, 0.6) is 11.5 Å². The first kappa shape index (κ1) is 14.2. The average Bonchev–Trinajstić information content (AvgIpc) is 3.55. The zero-order valence-electron chi connectivity index (χ0n) is 32.6. The molecule has 37 heavy (non-hydrogen) atoms. The number of hydrogen-bond acceptors (Lipinski definition) is 5. The molecule has 6 nitrogen and oxygen atoms in total. The summed E-state index contributed by atoms with van der Waals surface area (Å²) in [5, 5.41) is 20.3. The Kier molecular flexibility index (Phi) is 3.37. The second-order valence-corrected chi connectivity index (χ2v) is 9.07. The lowest BCUT2D eigenvalue weighted by atomic mass is 9.86. The van der Waals surface area contributed by atoms with Crippen molar-refractivity contribution in [3.8, 4) is 11.5 Å². The highest BCUT2D eigenvalue weighted by atomic mass is 19.3. The van der Waals surface area contributed by atoms with Crippen molar-refractivity contribution in [2.75, 3.05) is 6.56 Å². The van der Waals surface area contributed by atoms with E-state index in [4.69, 9.17) is 17.8 Å². The first-order valence-corrected chi connectivity index (χ1v) is 11.1. The van der Waals surface area contributed by atoms with Gasteiger partial charge in [-0.3, -0.25) is 4.79 Å². The highest BCUT2D eigenvalue weighted by molar-refractivity contribution is 5.95. The van der Waals surface area contributed by atoms with E-state index in [0.29, 0.717) is 6.07 Å². The van der Waals surface area contributed by atoms with Gasteiger partial charge in [-0.25, -0.2) is 4.39 Å². The minimum atomic E-state index is -4.23. The molecule has 1 saturated carbocycles. The van der Waals surface area contributed by atoms with Gasteiger partial charge in [-0.05, 0) is 60.6 Å². The summed E-state index contributed by atoms with van der Waals surface area (Å²) in [4.78, 5) is 13.8. The molecule has 0 spiro atoms. The van der Waals surface area contributed by atoms with Crippen LogP contribution in [0.2, 0.25) is 0 Å². The standard InChI is InChI=1S/C28H30F3NO5/c1-4-26(2,3)24-10-17-9-16(20(29)13-21(17)32(24)14-19(34)15-33)11-25(35)27(7-8-27)18-5-6-22-23(12-18)37-28(30,31)36-22/h5-6,9-10,12-13,19,33-34H,4,7-8,11,14-15H2,1-3H3/t19-/m0/s1/i2D3,4D2,5D,6D,12D,14D2,15D2,19D/t19-,26?. The molecule has 1 aliphatic carbocycles. The summed E-state index contributed by atoms with van der Waals surface area (Å²) in [5.41, 5.74) is -6.63. The number of aliphatic hydroxyl groups is 2. The van der Waals surface area contributed by atoms with Gasteiger partial charge in [0.1, 0.15) is 11.6 Å². The summed E-state index contributed by atoms with van der Waals surface area (Å²) >= 11 is 0. The maximum Gasteiger partial charge on any atom is 0.586 e. The summed E-state index contributed by atoms with van der Waals surface area (Å²) in [6.07, 6.45) is -11.9. The van der Waals surface area contributed by atoms with Gasteiger partial charge < -0.3 is 24.3 Å². The van der Waals surface area contributed by atoms with E-state index in [2.05, 4.69) is 9.47 Å². The van der Waals surface area contributed by atoms with E-state index in [1.54, 1.807) is 0 Å². The third-order valence-corrected chi connectivity index (χ3v) is 6.61. The van der Waals surface area contributed by atoms with Crippen LogP contribution in [-0.2, 0) is 28.5 Å². The van der Waals surface area contributed by atoms with Crippen LogP contribution in [-0.4, -0.2) is 39.5 Å². The number of hydrogen-bond donors (Lipinski definition) is 2. The van der Waals surface area contributed by atoms with Crippen molar-refractivity contribution in [3.05, 3.63) is 59.0 Å². The van der Waals surface area contributed by atoms with Gasteiger partial charge in [0.05, 0.1) is 41.0 Å². The zero-order chi connectivity index (χ0) is 38.2. The number of carbonyl (C=O) groups is 1. The maximum atomic E-state index is 15.9. The molecule has 0 saturated heterocycles. The third kappa shape index (κ3) is 4.48. The van der Waals surface area contributed by atoms with Gasteiger partial charge >= 0.3 is 6.29 Å². The van der Waals surface area contributed by atoms with Crippen LogP contribution in [0.3, 0.4) is 0 Å². The molecule has 3 aromatic rings.